The number of hydrogen-bond acceptors (Lipinski definition) is 3. The van der Waals surface area contributed by atoms with Crippen LogP contribution in [0.5, 0.6) is 0 Å². The van der Waals surface area contributed by atoms with Crippen molar-refractivity contribution in [3.63, 3.8) is 0 Å². The van der Waals surface area contributed by atoms with Crippen molar-refractivity contribution in [2.75, 3.05) is 20.1 Å². The van der Waals surface area contributed by atoms with E-state index >= 15 is 0 Å². The first kappa shape index (κ1) is 15.9. The molecule has 0 aliphatic heterocycles. The average molecular weight is 296 g/mol. The van der Waals surface area contributed by atoms with E-state index in [1.807, 2.05) is 0 Å². The topological polar surface area (TPSA) is 63.4 Å². The number of benzene rings is 1. The largest absolute Gasteiger partial charge is 0.402 e. The van der Waals surface area contributed by atoms with Crippen LogP contribution in [0, 0.1) is 0 Å². The summed E-state index contributed by atoms with van der Waals surface area (Å²) in [5, 5.41) is 0. The van der Waals surface area contributed by atoms with Crippen molar-refractivity contribution in [3.8, 4) is 0 Å². The second-order valence-corrected chi connectivity index (χ2v) is 6.10. The Balaban J connectivity index is 2.93. The third kappa shape index (κ3) is 4.48. The molecule has 0 unspecified atom stereocenters. The van der Waals surface area contributed by atoms with Crippen LogP contribution in [0.25, 0.3) is 0 Å². The smallest absolute Gasteiger partial charge is 0.330 e. The van der Waals surface area contributed by atoms with Gasteiger partial charge in [0.1, 0.15) is 6.54 Å². The van der Waals surface area contributed by atoms with Crippen LogP contribution in [0.15, 0.2) is 29.2 Å². The summed E-state index contributed by atoms with van der Waals surface area (Å²) < 4.78 is 60.6. The fourth-order valence-electron chi connectivity index (χ4n) is 1.51. The molecule has 0 amide bonds. The molecule has 0 spiro atoms. The van der Waals surface area contributed by atoms with Gasteiger partial charge in [-0.15, -0.1) is 0 Å². The maximum absolute atomic E-state index is 12.2. The van der Waals surface area contributed by atoms with Crippen molar-refractivity contribution in [2.24, 2.45) is 5.73 Å². The van der Waals surface area contributed by atoms with Crippen molar-refractivity contribution < 1.29 is 21.6 Å². The van der Waals surface area contributed by atoms with Gasteiger partial charge in [-0.2, -0.15) is 17.5 Å². The number of hydrogen-bond donors (Lipinski definition) is 1. The molecule has 0 radical (unpaired) electrons. The Bertz CT molecular complexity index is 512. The summed E-state index contributed by atoms with van der Waals surface area (Å²) in [6.45, 7) is -1.10. The summed E-state index contributed by atoms with van der Waals surface area (Å²) in [6, 6.07) is 5.66. The summed E-state index contributed by atoms with van der Waals surface area (Å²) in [6.07, 6.45) is -3.99. The number of rotatable bonds is 5. The molecule has 0 atom stereocenters. The Kier molecular flexibility index (Phi) is 4.94. The molecule has 0 heterocycles. The Labute approximate surface area is 110 Å². The summed E-state index contributed by atoms with van der Waals surface area (Å²) in [4.78, 5) is -0.167. The molecule has 19 heavy (non-hydrogen) atoms. The average Bonchev–Trinajstić information content (AvgIpc) is 2.28. The Morgan fingerprint density at radius 1 is 1.21 bits per heavy atom. The predicted molar refractivity (Wildman–Crippen MR) is 65.1 cm³/mol. The third-order valence-corrected chi connectivity index (χ3v) is 4.28. The second kappa shape index (κ2) is 5.89. The summed E-state index contributed by atoms with van der Waals surface area (Å²) in [5.41, 5.74) is 6.18. The van der Waals surface area contributed by atoms with Crippen molar-refractivity contribution in [1.29, 1.82) is 0 Å². The molecule has 0 bridgehead atoms. The molecule has 0 aliphatic rings. The van der Waals surface area contributed by atoms with Crippen LogP contribution in [0.2, 0.25) is 0 Å². The first-order valence-corrected chi connectivity index (χ1v) is 6.93. The molecule has 0 aliphatic carbocycles. The highest BCUT2D eigenvalue weighted by Gasteiger charge is 2.34. The lowest BCUT2D eigenvalue weighted by molar-refractivity contribution is -0.134. The van der Waals surface area contributed by atoms with Crippen molar-refractivity contribution in [2.45, 2.75) is 17.5 Å². The lowest BCUT2D eigenvalue weighted by atomic mass is 10.2. The minimum absolute atomic E-state index is 0.167. The first-order valence-electron chi connectivity index (χ1n) is 5.49. The van der Waals surface area contributed by atoms with Crippen LogP contribution in [-0.4, -0.2) is 39.0 Å². The van der Waals surface area contributed by atoms with E-state index in [0.29, 0.717) is 13.0 Å². The van der Waals surface area contributed by atoms with Crippen LogP contribution in [0.1, 0.15) is 5.56 Å². The van der Waals surface area contributed by atoms with Gasteiger partial charge in [0.2, 0.25) is 10.0 Å². The fourth-order valence-corrected chi connectivity index (χ4v) is 2.67. The van der Waals surface area contributed by atoms with Crippen molar-refractivity contribution in [1.82, 2.24) is 4.31 Å². The zero-order valence-electron chi connectivity index (χ0n) is 10.3. The zero-order chi connectivity index (χ0) is 14.7. The molecule has 1 rings (SSSR count). The first-order chi connectivity index (χ1) is 8.66. The van der Waals surface area contributed by atoms with Gasteiger partial charge >= 0.3 is 6.18 Å². The molecular weight excluding hydrogens is 281 g/mol. The number of alkyl halides is 3. The molecule has 0 saturated heterocycles. The van der Waals surface area contributed by atoms with Crippen LogP contribution in [-0.2, 0) is 16.4 Å². The summed E-state index contributed by atoms with van der Waals surface area (Å²) in [7, 11) is -3.22. The van der Waals surface area contributed by atoms with Gasteiger partial charge in [0.05, 0.1) is 4.90 Å². The standard InChI is InChI=1S/C11H15F3N2O2S/c1-16(8-11(12,13)14)19(17,18)10-4-2-9(3-5-10)6-7-15/h2-5H,6-8,15H2,1H3. The van der Waals surface area contributed by atoms with Gasteiger partial charge in [0.15, 0.2) is 0 Å². The monoisotopic (exact) mass is 296 g/mol. The molecule has 0 fully saturated rings. The van der Waals surface area contributed by atoms with Crippen LogP contribution >= 0.6 is 0 Å². The number of halogens is 3. The zero-order valence-corrected chi connectivity index (χ0v) is 11.1. The van der Waals surface area contributed by atoms with Gasteiger partial charge in [-0.25, -0.2) is 8.42 Å². The van der Waals surface area contributed by atoms with E-state index < -0.39 is 22.7 Å². The van der Waals surface area contributed by atoms with E-state index in [2.05, 4.69) is 0 Å². The molecule has 4 nitrogen and oxygen atoms in total. The van der Waals surface area contributed by atoms with Gasteiger partial charge in [0, 0.05) is 7.05 Å². The number of nitrogens with two attached hydrogens (primary N) is 1. The van der Waals surface area contributed by atoms with E-state index in [1.54, 1.807) is 12.1 Å². The SMILES string of the molecule is CN(CC(F)(F)F)S(=O)(=O)c1ccc(CCN)cc1. The third-order valence-electron chi connectivity index (χ3n) is 2.47. The molecule has 2 N–H and O–H groups in total. The Morgan fingerprint density at radius 2 is 1.74 bits per heavy atom. The van der Waals surface area contributed by atoms with E-state index in [4.69, 9.17) is 5.73 Å². The lowest BCUT2D eigenvalue weighted by Crippen LogP contribution is -2.35. The molecule has 8 heteroatoms. The fraction of sp³-hybridized carbons (Fsp3) is 0.455. The van der Waals surface area contributed by atoms with E-state index in [1.165, 1.54) is 12.1 Å². The van der Waals surface area contributed by atoms with E-state index in [9.17, 15) is 21.6 Å². The highest BCUT2D eigenvalue weighted by atomic mass is 32.2. The summed E-state index contributed by atoms with van der Waals surface area (Å²) >= 11 is 0. The number of nitrogens with zero attached hydrogens (tertiary/aromatic N) is 1. The normalized spacial score (nSPS) is 12.9. The predicted octanol–water partition coefficient (Wildman–Crippen LogP) is 1.37. The van der Waals surface area contributed by atoms with Gasteiger partial charge < -0.3 is 5.73 Å². The molecule has 0 saturated carbocycles. The van der Waals surface area contributed by atoms with Crippen molar-refractivity contribution in [3.05, 3.63) is 29.8 Å². The maximum Gasteiger partial charge on any atom is 0.402 e. The maximum atomic E-state index is 12.2. The molecule has 1 aromatic rings. The second-order valence-electron chi connectivity index (χ2n) is 4.06. The van der Waals surface area contributed by atoms with Crippen LogP contribution < -0.4 is 5.73 Å². The van der Waals surface area contributed by atoms with Crippen molar-refractivity contribution >= 4 is 10.0 Å². The lowest BCUT2D eigenvalue weighted by Gasteiger charge is -2.18. The minimum atomic E-state index is -4.57. The molecular formula is C11H15F3N2O2S. The Hall–Kier alpha value is -1.12. The molecule has 1 aromatic carbocycles. The van der Waals surface area contributed by atoms with E-state index in [0.717, 1.165) is 12.6 Å². The van der Waals surface area contributed by atoms with Gasteiger partial charge in [-0.1, -0.05) is 12.1 Å². The van der Waals surface area contributed by atoms with E-state index in [-0.39, 0.29) is 9.20 Å². The van der Waals surface area contributed by atoms with Crippen LogP contribution in [0.3, 0.4) is 0 Å². The number of sulfonamides is 1. The minimum Gasteiger partial charge on any atom is -0.330 e. The quantitative estimate of drug-likeness (QED) is 0.892. The summed E-state index contributed by atoms with van der Waals surface area (Å²) in [5.74, 6) is 0. The highest BCUT2D eigenvalue weighted by molar-refractivity contribution is 7.89. The van der Waals surface area contributed by atoms with Gasteiger partial charge in [0.25, 0.3) is 0 Å². The van der Waals surface area contributed by atoms with Gasteiger partial charge in [-0.3, -0.25) is 0 Å². The van der Waals surface area contributed by atoms with Gasteiger partial charge in [-0.05, 0) is 30.7 Å². The van der Waals surface area contributed by atoms with Crippen LogP contribution in [0.4, 0.5) is 13.2 Å². The Morgan fingerprint density at radius 3 is 2.16 bits per heavy atom. The molecule has 0 aromatic heterocycles. The highest BCUT2D eigenvalue weighted by Crippen LogP contribution is 2.21. The molecule has 108 valence electrons.